The van der Waals surface area contributed by atoms with Crippen LogP contribution in [0.2, 0.25) is 0 Å². The highest BCUT2D eigenvalue weighted by Crippen LogP contribution is 2.14. The van der Waals surface area contributed by atoms with Gasteiger partial charge in [-0.25, -0.2) is 0 Å². The lowest BCUT2D eigenvalue weighted by Gasteiger charge is -2.12. The minimum absolute atomic E-state index is 0.291. The van der Waals surface area contributed by atoms with E-state index in [2.05, 4.69) is 6.92 Å². The summed E-state index contributed by atoms with van der Waals surface area (Å²) in [6.07, 6.45) is 0.427. The maximum Gasteiger partial charge on any atom is 0.102 e. The molecule has 0 heterocycles. The Bertz CT molecular complexity index is 323. The van der Waals surface area contributed by atoms with E-state index in [1.165, 1.54) is 5.56 Å². The first-order valence-corrected chi connectivity index (χ1v) is 6.69. The Morgan fingerprint density at radius 3 is 2.26 bits per heavy atom. The van der Waals surface area contributed by atoms with Crippen molar-refractivity contribution in [2.24, 2.45) is 0 Å². The molecule has 108 valence electrons. The van der Waals surface area contributed by atoms with Gasteiger partial charge in [-0.3, -0.25) is 0 Å². The van der Waals surface area contributed by atoms with E-state index in [1.807, 2.05) is 24.3 Å². The number of rotatable bonds is 10. The van der Waals surface area contributed by atoms with Crippen molar-refractivity contribution in [2.75, 3.05) is 40.1 Å². The standard InChI is InChI=1S/C15H24O4/c1-3-13-4-6-14(7-5-13)15(16)12-19-11-10-18-9-8-17-2/h4-7,15-16H,3,8-12H2,1-2H3. The van der Waals surface area contributed by atoms with Crippen molar-refractivity contribution in [3.05, 3.63) is 35.4 Å². The summed E-state index contributed by atoms with van der Waals surface area (Å²) >= 11 is 0. The molecule has 0 saturated heterocycles. The third kappa shape index (κ3) is 6.68. The summed E-state index contributed by atoms with van der Waals surface area (Å²) < 4.78 is 15.5. The normalized spacial score (nSPS) is 12.6. The molecule has 4 heteroatoms. The number of aliphatic hydroxyl groups is 1. The van der Waals surface area contributed by atoms with Gasteiger partial charge in [0.05, 0.1) is 33.0 Å². The van der Waals surface area contributed by atoms with Crippen LogP contribution >= 0.6 is 0 Å². The second kappa shape index (κ2) is 9.92. The van der Waals surface area contributed by atoms with Gasteiger partial charge in [0.15, 0.2) is 0 Å². The van der Waals surface area contributed by atoms with E-state index >= 15 is 0 Å². The summed E-state index contributed by atoms with van der Waals surface area (Å²) in [6, 6.07) is 7.96. The van der Waals surface area contributed by atoms with Gasteiger partial charge in [-0.05, 0) is 17.5 Å². The van der Waals surface area contributed by atoms with Crippen molar-refractivity contribution >= 4 is 0 Å². The van der Waals surface area contributed by atoms with Gasteiger partial charge in [0.2, 0.25) is 0 Å². The maximum absolute atomic E-state index is 9.94. The maximum atomic E-state index is 9.94. The van der Waals surface area contributed by atoms with Gasteiger partial charge in [0, 0.05) is 7.11 Å². The molecule has 0 bridgehead atoms. The van der Waals surface area contributed by atoms with E-state index in [4.69, 9.17) is 14.2 Å². The van der Waals surface area contributed by atoms with Gasteiger partial charge < -0.3 is 19.3 Å². The first-order valence-electron chi connectivity index (χ1n) is 6.69. The van der Waals surface area contributed by atoms with Crippen LogP contribution in [0.5, 0.6) is 0 Å². The lowest BCUT2D eigenvalue weighted by atomic mass is 10.1. The molecule has 0 radical (unpaired) electrons. The molecule has 0 aliphatic carbocycles. The molecule has 0 aliphatic heterocycles. The molecule has 4 nitrogen and oxygen atoms in total. The van der Waals surface area contributed by atoms with Crippen LogP contribution in [0, 0.1) is 0 Å². The van der Waals surface area contributed by atoms with Gasteiger partial charge in [0.1, 0.15) is 6.10 Å². The summed E-state index contributed by atoms with van der Waals surface area (Å²) in [5, 5.41) is 9.94. The molecule has 19 heavy (non-hydrogen) atoms. The molecule has 1 atom stereocenters. The van der Waals surface area contributed by atoms with Crippen molar-refractivity contribution in [1.29, 1.82) is 0 Å². The smallest absolute Gasteiger partial charge is 0.102 e. The first kappa shape index (κ1) is 16.1. The summed E-state index contributed by atoms with van der Waals surface area (Å²) in [5.74, 6) is 0. The fourth-order valence-corrected chi connectivity index (χ4v) is 1.63. The molecule has 0 aliphatic rings. The Morgan fingerprint density at radius 1 is 1.00 bits per heavy atom. The fraction of sp³-hybridized carbons (Fsp3) is 0.600. The number of aryl methyl sites for hydroxylation is 1. The molecule has 0 fully saturated rings. The predicted molar refractivity (Wildman–Crippen MR) is 74.3 cm³/mol. The number of benzene rings is 1. The number of ether oxygens (including phenoxy) is 3. The predicted octanol–water partition coefficient (Wildman–Crippen LogP) is 1.96. The zero-order valence-corrected chi connectivity index (χ0v) is 11.8. The third-order valence-corrected chi connectivity index (χ3v) is 2.85. The van der Waals surface area contributed by atoms with Crippen molar-refractivity contribution in [3.8, 4) is 0 Å². The molecule has 0 amide bonds. The van der Waals surface area contributed by atoms with Gasteiger partial charge in [-0.2, -0.15) is 0 Å². The Labute approximate surface area is 115 Å². The number of hydrogen-bond donors (Lipinski definition) is 1. The molecule has 1 N–H and O–H groups in total. The lowest BCUT2D eigenvalue weighted by molar-refractivity contribution is -0.00590. The fourth-order valence-electron chi connectivity index (χ4n) is 1.63. The van der Waals surface area contributed by atoms with Crippen LogP contribution in [0.25, 0.3) is 0 Å². The average Bonchev–Trinajstić information content (AvgIpc) is 2.46. The molecular weight excluding hydrogens is 244 g/mol. The summed E-state index contributed by atoms with van der Waals surface area (Å²) in [6.45, 7) is 4.56. The second-order valence-electron chi connectivity index (χ2n) is 4.29. The molecule has 1 aromatic rings. The highest BCUT2D eigenvalue weighted by molar-refractivity contribution is 5.24. The van der Waals surface area contributed by atoms with Crippen LogP contribution in [0.1, 0.15) is 24.2 Å². The van der Waals surface area contributed by atoms with Gasteiger partial charge in [0.25, 0.3) is 0 Å². The number of methoxy groups -OCH3 is 1. The van der Waals surface area contributed by atoms with Crippen LogP contribution in [-0.2, 0) is 20.6 Å². The highest BCUT2D eigenvalue weighted by atomic mass is 16.5. The minimum atomic E-state index is -0.579. The molecule has 0 spiro atoms. The number of aliphatic hydroxyl groups excluding tert-OH is 1. The Hall–Kier alpha value is -0.940. The monoisotopic (exact) mass is 268 g/mol. The van der Waals surface area contributed by atoms with Gasteiger partial charge in [-0.15, -0.1) is 0 Å². The van der Waals surface area contributed by atoms with Crippen molar-refractivity contribution in [1.82, 2.24) is 0 Å². The van der Waals surface area contributed by atoms with E-state index in [-0.39, 0.29) is 0 Å². The average molecular weight is 268 g/mol. The molecular formula is C15H24O4. The van der Waals surface area contributed by atoms with E-state index in [0.717, 1.165) is 12.0 Å². The Morgan fingerprint density at radius 2 is 1.63 bits per heavy atom. The molecule has 1 rings (SSSR count). The quantitative estimate of drug-likeness (QED) is 0.659. The summed E-state index contributed by atoms with van der Waals surface area (Å²) in [4.78, 5) is 0. The Kier molecular flexibility index (Phi) is 8.41. The second-order valence-corrected chi connectivity index (χ2v) is 4.29. The highest BCUT2D eigenvalue weighted by Gasteiger charge is 2.07. The minimum Gasteiger partial charge on any atom is -0.386 e. The number of hydrogen-bond acceptors (Lipinski definition) is 4. The first-order chi connectivity index (χ1) is 9.27. The lowest BCUT2D eigenvalue weighted by Crippen LogP contribution is -2.12. The van der Waals surface area contributed by atoms with E-state index in [9.17, 15) is 5.11 Å². The van der Waals surface area contributed by atoms with E-state index in [1.54, 1.807) is 7.11 Å². The molecule has 0 saturated carbocycles. The van der Waals surface area contributed by atoms with Crippen LogP contribution in [0.15, 0.2) is 24.3 Å². The van der Waals surface area contributed by atoms with Crippen LogP contribution in [0.3, 0.4) is 0 Å². The van der Waals surface area contributed by atoms with E-state index in [0.29, 0.717) is 33.0 Å². The molecule has 1 unspecified atom stereocenters. The zero-order chi connectivity index (χ0) is 13.9. The summed E-state index contributed by atoms with van der Waals surface area (Å²) in [5.41, 5.74) is 2.15. The van der Waals surface area contributed by atoms with Crippen LogP contribution in [0.4, 0.5) is 0 Å². The van der Waals surface area contributed by atoms with Crippen LogP contribution < -0.4 is 0 Å². The van der Waals surface area contributed by atoms with Crippen molar-refractivity contribution < 1.29 is 19.3 Å². The zero-order valence-electron chi connectivity index (χ0n) is 11.8. The topological polar surface area (TPSA) is 47.9 Å². The van der Waals surface area contributed by atoms with Gasteiger partial charge >= 0.3 is 0 Å². The molecule has 1 aromatic carbocycles. The van der Waals surface area contributed by atoms with E-state index < -0.39 is 6.10 Å². The third-order valence-electron chi connectivity index (χ3n) is 2.85. The Balaban J connectivity index is 2.14. The van der Waals surface area contributed by atoms with Crippen LogP contribution in [-0.4, -0.2) is 45.3 Å². The SMILES string of the molecule is CCc1ccc(C(O)COCCOCCOC)cc1. The van der Waals surface area contributed by atoms with Gasteiger partial charge in [-0.1, -0.05) is 31.2 Å². The van der Waals surface area contributed by atoms with Crippen molar-refractivity contribution in [3.63, 3.8) is 0 Å². The largest absolute Gasteiger partial charge is 0.386 e. The summed E-state index contributed by atoms with van der Waals surface area (Å²) in [7, 11) is 1.64. The molecule has 0 aromatic heterocycles. The van der Waals surface area contributed by atoms with Crippen molar-refractivity contribution in [2.45, 2.75) is 19.4 Å².